The van der Waals surface area contributed by atoms with Gasteiger partial charge in [-0.25, -0.2) is 14.8 Å². The van der Waals surface area contributed by atoms with Crippen LogP contribution < -0.4 is 4.90 Å². The Hall–Kier alpha value is -3.68. The standard InChI is InChI=1S/C21H21N5O3/c1-25(2)18-7-6-15(11-22-18)20(27)26-9-8-16-17(12-26)24-19(23-16)13-4-3-5-14(10-13)21(28)29/h3-7,10-11H,8-9,12H2,1-2H3,(H,23,24)(H,28,29). The van der Waals surface area contributed by atoms with Gasteiger partial charge in [0.25, 0.3) is 5.91 Å². The third-order valence-corrected chi connectivity index (χ3v) is 4.96. The average molecular weight is 391 g/mol. The van der Waals surface area contributed by atoms with E-state index in [4.69, 9.17) is 0 Å². The molecule has 3 heterocycles. The van der Waals surface area contributed by atoms with Crippen LogP contribution in [0.5, 0.6) is 0 Å². The van der Waals surface area contributed by atoms with E-state index in [1.54, 1.807) is 35.4 Å². The molecule has 8 heteroatoms. The molecule has 4 rings (SSSR count). The Bertz CT molecular complexity index is 1070. The molecule has 1 aromatic carbocycles. The zero-order valence-corrected chi connectivity index (χ0v) is 16.2. The van der Waals surface area contributed by atoms with Gasteiger partial charge in [-0.2, -0.15) is 0 Å². The molecule has 3 aromatic rings. The second-order valence-electron chi connectivity index (χ2n) is 7.17. The molecule has 0 spiro atoms. The van der Waals surface area contributed by atoms with Crippen LogP contribution in [0.2, 0.25) is 0 Å². The van der Waals surface area contributed by atoms with Crippen LogP contribution in [-0.2, 0) is 13.0 Å². The number of rotatable bonds is 4. The number of fused-ring (bicyclic) bond motifs is 1. The second-order valence-corrected chi connectivity index (χ2v) is 7.17. The van der Waals surface area contributed by atoms with Crippen molar-refractivity contribution >= 4 is 17.7 Å². The summed E-state index contributed by atoms with van der Waals surface area (Å²) in [7, 11) is 3.80. The molecular formula is C21H21N5O3. The van der Waals surface area contributed by atoms with Gasteiger partial charge in [0.2, 0.25) is 0 Å². The summed E-state index contributed by atoms with van der Waals surface area (Å²) in [4.78, 5) is 39.9. The van der Waals surface area contributed by atoms with Crippen molar-refractivity contribution in [1.29, 1.82) is 0 Å². The summed E-state index contributed by atoms with van der Waals surface area (Å²) in [5.74, 6) is 0.361. The molecule has 0 atom stereocenters. The predicted octanol–water partition coefficient (Wildman–Crippen LogP) is 2.43. The van der Waals surface area contributed by atoms with Gasteiger partial charge in [0.15, 0.2) is 0 Å². The Labute approximate surface area is 167 Å². The van der Waals surface area contributed by atoms with Crippen LogP contribution in [0.15, 0.2) is 42.6 Å². The number of imidazole rings is 1. The number of carbonyl (C=O) groups is 2. The molecule has 29 heavy (non-hydrogen) atoms. The normalized spacial score (nSPS) is 13.1. The lowest BCUT2D eigenvalue weighted by atomic mass is 10.1. The van der Waals surface area contributed by atoms with E-state index < -0.39 is 5.97 Å². The fourth-order valence-electron chi connectivity index (χ4n) is 3.36. The summed E-state index contributed by atoms with van der Waals surface area (Å²) in [5, 5.41) is 9.19. The molecule has 1 aliphatic rings. The van der Waals surface area contributed by atoms with Crippen molar-refractivity contribution in [2.24, 2.45) is 0 Å². The van der Waals surface area contributed by atoms with E-state index in [9.17, 15) is 14.7 Å². The molecule has 2 N–H and O–H groups in total. The van der Waals surface area contributed by atoms with Crippen molar-refractivity contribution in [1.82, 2.24) is 19.9 Å². The minimum Gasteiger partial charge on any atom is -0.478 e. The number of anilines is 1. The fourth-order valence-corrected chi connectivity index (χ4v) is 3.36. The molecule has 1 aliphatic heterocycles. The Balaban J connectivity index is 1.54. The number of nitrogens with one attached hydrogen (secondary N) is 1. The summed E-state index contributed by atoms with van der Waals surface area (Å²) in [6, 6.07) is 10.3. The Morgan fingerprint density at radius 3 is 2.69 bits per heavy atom. The number of carbonyl (C=O) groups excluding carboxylic acids is 1. The quantitative estimate of drug-likeness (QED) is 0.708. The number of amides is 1. The number of pyridine rings is 1. The summed E-state index contributed by atoms with van der Waals surface area (Å²) in [6.07, 6.45) is 2.24. The van der Waals surface area contributed by atoms with E-state index in [2.05, 4.69) is 15.0 Å². The number of hydrogen-bond acceptors (Lipinski definition) is 5. The molecule has 0 saturated heterocycles. The predicted molar refractivity (Wildman–Crippen MR) is 108 cm³/mol. The number of hydrogen-bond donors (Lipinski definition) is 2. The van der Waals surface area contributed by atoms with Crippen LogP contribution in [0.1, 0.15) is 32.1 Å². The summed E-state index contributed by atoms with van der Waals surface area (Å²) in [6.45, 7) is 0.996. The first-order chi connectivity index (χ1) is 13.9. The Morgan fingerprint density at radius 1 is 1.17 bits per heavy atom. The lowest BCUT2D eigenvalue weighted by Gasteiger charge is -2.26. The minimum absolute atomic E-state index is 0.0718. The van der Waals surface area contributed by atoms with E-state index in [0.29, 0.717) is 36.5 Å². The van der Waals surface area contributed by atoms with Crippen LogP contribution in [-0.4, -0.2) is 57.5 Å². The van der Waals surface area contributed by atoms with Gasteiger partial charge in [-0.1, -0.05) is 12.1 Å². The van der Waals surface area contributed by atoms with Crippen LogP contribution >= 0.6 is 0 Å². The van der Waals surface area contributed by atoms with E-state index in [-0.39, 0.29) is 11.5 Å². The van der Waals surface area contributed by atoms with Crippen molar-refractivity contribution in [2.45, 2.75) is 13.0 Å². The molecular weight excluding hydrogens is 370 g/mol. The highest BCUT2D eigenvalue weighted by Crippen LogP contribution is 2.24. The lowest BCUT2D eigenvalue weighted by Crippen LogP contribution is -2.36. The van der Waals surface area contributed by atoms with E-state index in [1.807, 2.05) is 31.1 Å². The van der Waals surface area contributed by atoms with Gasteiger partial charge >= 0.3 is 5.97 Å². The zero-order valence-electron chi connectivity index (χ0n) is 16.2. The first-order valence-electron chi connectivity index (χ1n) is 9.26. The highest BCUT2D eigenvalue weighted by Gasteiger charge is 2.25. The van der Waals surface area contributed by atoms with Crippen LogP contribution in [0.25, 0.3) is 11.4 Å². The van der Waals surface area contributed by atoms with Gasteiger partial charge in [0, 0.05) is 38.8 Å². The van der Waals surface area contributed by atoms with Gasteiger partial charge < -0.3 is 19.9 Å². The van der Waals surface area contributed by atoms with Crippen molar-refractivity contribution in [2.75, 3.05) is 25.5 Å². The number of benzene rings is 1. The van der Waals surface area contributed by atoms with Crippen molar-refractivity contribution in [3.05, 3.63) is 65.1 Å². The van der Waals surface area contributed by atoms with Crippen LogP contribution in [0.4, 0.5) is 5.82 Å². The molecule has 148 valence electrons. The molecule has 0 fully saturated rings. The molecule has 0 saturated carbocycles. The second kappa shape index (κ2) is 7.38. The van der Waals surface area contributed by atoms with Gasteiger partial charge in [-0.15, -0.1) is 0 Å². The largest absolute Gasteiger partial charge is 0.478 e. The third kappa shape index (κ3) is 3.69. The molecule has 0 aliphatic carbocycles. The molecule has 8 nitrogen and oxygen atoms in total. The number of carboxylic acids is 1. The average Bonchev–Trinajstić information content (AvgIpc) is 3.17. The molecule has 1 amide bonds. The fraction of sp³-hybridized carbons (Fsp3) is 0.238. The first kappa shape index (κ1) is 18.7. The third-order valence-electron chi connectivity index (χ3n) is 4.96. The monoisotopic (exact) mass is 391 g/mol. The topological polar surface area (TPSA) is 102 Å². The van der Waals surface area contributed by atoms with E-state index in [1.165, 1.54) is 0 Å². The number of aromatic amines is 1. The van der Waals surface area contributed by atoms with Gasteiger partial charge in [0.1, 0.15) is 11.6 Å². The molecule has 0 unspecified atom stereocenters. The maximum atomic E-state index is 12.9. The van der Waals surface area contributed by atoms with E-state index >= 15 is 0 Å². The summed E-state index contributed by atoms with van der Waals surface area (Å²) < 4.78 is 0. The SMILES string of the molecule is CN(C)c1ccc(C(=O)N2CCc3nc(-c4cccc(C(=O)O)c4)[nH]c3C2)cn1. The van der Waals surface area contributed by atoms with Crippen LogP contribution in [0, 0.1) is 0 Å². The lowest BCUT2D eigenvalue weighted by molar-refractivity contribution is 0.0694. The minimum atomic E-state index is -0.978. The number of H-pyrrole nitrogens is 1. The van der Waals surface area contributed by atoms with Crippen molar-refractivity contribution < 1.29 is 14.7 Å². The smallest absolute Gasteiger partial charge is 0.335 e. The highest BCUT2D eigenvalue weighted by atomic mass is 16.4. The summed E-state index contributed by atoms with van der Waals surface area (Å²) >= 11 is 0. The molecule has 2 aromatic heterocycles. The van der Waals surface area contributed by atoms with Gasteiger partial charge in [-0.05, 0) is 24.3 Å². The highest BCUT2D eigenvalue weighted by molar-refractivity contribution is 5.94. The maximum absolute atomic E-state index is 12.9. The molecule has 0 bridgehead atoms. The van der Waals surface area contributed by atoms with Crippen molar-refractivity contribution in [3.63, 3.8) is 0 Å². The zero-order chi connectivity index (χ0) is 20.5. The number of carboxylic acid groups (broad SMARTS) is 1. The van der Waals surface area contributed by atoms with Gasteiger partial charge in [-0.3, -0.25) is 4.79 Å². The Morgan fingerprint density at radius 2 is 2.00 bits per heavy atom. The van der Waals surface area contributed by atoms with E-state index in [0.717, 1.165) is 17.2 Å². The maximum Gasteiger partial charge on any atom is 0.335 e. The summed E-state index contributed by atoms with van der Waals surface area (Å²) in [5.41, 5.74) is 3.25. The number of nitrogens with zero attached hydrogens (tertiary/aromatic N) is 4. The number of aromatic nitrogens is 3. The van der Waals surface area contributed by atoms with Crippen molar-refractivity contribution in [3.8, 4) is 11.4 Å². The molecule has 0 radical (unpaired) electrons. The number of aromatic carboxylic acids is 1. The van der Waals surface area contributed by atoms with Crippen LogP contribution in [0.3, 0.4) is 0 Å². The van der Waals surface area contributed by atoms with Gasteiger partial charge in [0.05, 0.1) is 29.1 Å². The first-order valence-corrected chi connectivity index (χ1v) is 9.26. The Kier molecular flexibility index (Phi) is 4.75.